The molecule has 1 atom stereocenters. The Balaban J connectivity index is 1.08. The molecule has 53 heavy (non-hydrogen) atoms. The number of carbonyl (C=O) groups excluding carboxylic acids is 1. The Labute approximate surface area is 308 Å². The molecule has 4 aromatic rings. The number of aromatic nitrogens is 8. The summed E-state index contributed by atoms with van der Waals surface area (Å²) in [6.07, 6.45) is 0.215. The lowest BCUT2D eigenvalue weighted by atomic mass is 9.99. The van der Waals surface area contributed by atoms with Crippen molar-refractivity contribution in [3.63, 3.8) is 0 Å². The lowest BCUT2D eigenvalue weighted by Crippen LogP contribution is -2.49. The van der Waals surface area contributed by atoms with E-state index in [0.717, 1.165) is 22.6 Å². The summed E-state index contributed by atoms with van der Waals surface area (Å²) < 4.78 is 39.2. The number of carbonyl (C=O) groups is 1. The molecule has 3 aliphatic rings. The summed E-state index contributed by atoms with van der Waals surface area (Å²) in [5.74, 6) is 1.38. The number of nitrogens with zero attached hydrogens (tertiary/aromatic N) is 12. The second kappa shape index (κ2) is 15.0. The third-order valence-corrected chi connectivity index (χ3v) is 9.95. The number of halogens is 3. The average molecular weight is 753 g/mol. The van der Waals surface area contributed by atoms with Crippen molar-refractivity contribution >= 4 is 47.1 Å². The Morgan fingerprint density at radius 2 is 1.64 bits per heavy atom. The number of nitrogen functional groups attached to an aromatic ring is 2. The van der Waals surface area contributed by atoms with Gasteiger partial charge >= 0.3 is 0 Å². The highest BCUT2D eigenvalue weighted by molar-refractivity contribution is 6.30. The van der Waals surface area contributed by atoms with Crippen molar-refractivity contribution in [2.45, 2.75) is 39.2 Å². The zero-order valence-corrected chi connectivity index (χ0v) is 30.2. The van der Waals surface area contributed by atoms with Gasteiger partial charge in [-0.1, -0.05) is 11.6 Å². The van der Waals surface area contributed by atoms with E-state index in [-0.39, 0.29) is 46.7 Å². The number of nitrogens with two attached hydrogens (primary N) is 2. The van der Waals surface area contributed by atoms with Crippen LogP contribution in [0.15, 0.2) is 12.4 Å². The molecule has 280 valence electrons. The summed E-state index contributed by atoms with van der Waals surface area (Å²) >= 11 is 6.64. The van der Waals surface area contributed by atoms with Gasteiger partial charge in [0, 0.05) is 87.2 Å². The van der Waals surface area contributed by atoms with Gasteiger partial charge in [-0.05, 0) is 13.8 Å². The zero-order valence-electron chi connectivity index (χ0n) is 29.5. The Kier molecular flexibility index (Phi) is 10.2. The van der Waals surface area contributed by atoms with Crippen LogP contribution in [-0.2, 0) is 16.1 Å². The van der Waals surface area contributed by atoms with E-state index in [1.807, 2.05) is 28.5 Å². The summed E-state index contributed by atoms with van der Waals surface area (Å²) in [6.45, 7) is 8.28. The van der Waals surface area contributed by atoms with Crippen LogP contribution in [0.5, 0.6) is 5.75 Å². The fourth-order valence-corrected chi connectivity index (χ4v) is 7.29. The fourth-order valence-electron chi connectivity index (χ4n) is 6.96. The van der Waals surface area contributed by atoms with Gasteiger partial charge in [0.1, 0.15) is 22.4 Å². The number of anilines is 5. The summed E-state index contributed by atoms with van der Waals surface area (Å²) in [6, 6.07) is 0. The van der Waals surface area contributed by atoms with E-state index in [1.54, 1.807) is 18.2 Å². The molecular formula is C33H39ClF2N14O3. The number of rotatable bonds is 9. The highest BCUT2D eigenvalue weighted by Gasteiger charge is 2.37. The summed E-state index contributed by atoms with van der Waals surface area (Å²) in [5, 5.41) is 0.215. The number of morpholine rings is 1. The van der Waals surface area contributed by atoms with Crippen molar-refractivity contribution in [3.05, 3.63) is 45.6 Å². The Hall–Kier alpha value is -5.30. The van der Waals surface area contributed by atoms with Crippen LogP contribution in [0.4, 0.5) is 38.4 Å². The molecule has 0 aliphatic carbocycles. The van der Waals surface area contributed by atoms with Crippen LogP contribution in [0.2, 0.25) is 5.15 Å². The van der Waals surface area contributed by atoms with Crippen LogP contribution in [-0.4, -0.2) is 117 Å². The van der Waals surface area contributed by atoms with E-state index >= 15 is 0 Å². The molecule has 3 aliphatic heterocycles. The second-order valence-corrected chi connectivity index (χ2v) is 13.3. The van der Waals surface area contributed by atoms with Gasteiger partial charge in [-0.3, -0.25) is 9.78 Å². The predicted octanol–water partition coefficient (Wildman–Crippen LogP) is 2.57. The summed E-state index contributed by atoms with van der Waals surface area (Å²) in [7, 11) is 1.63. The Morgan fingerprint density at radius 3 is 2.32 bits per heavy atom. The van der Waals surface area contributed by atoms with Gasteiger partial charge in [0.25, 0.3) is 6.43 Å². The smallest absolute Gasteiger partial charge is 0.281 e. The number of amides is 1. The number of piperazine rings is 1. The van der Waals surface area contributed by atoms with Crippen molar-refractivity contribution in [3.8, 4) is 17.1 Å². The average Bonchev–Trinajstić information content (AvgIpc) is 3.49. The number of methoxy groups -OCH3 is 1. The van der Waals surface area contributed by atoms with E-state index in [1.165, 1.54) is 6.20 Å². The maximum absolute atomic E-state index is 14.0. The Bertz CT molecular complexity index is 2010. The van der Waals surface area contributed by atoms with Gasteiger partial charge in [-0.2, -0.15) is 19.9 Å². The number of ether oxygens (including phenoxy) is 2. The van der Waals surface area contributed by atoms with E-state index < -0.39 is 12.1 Å². The van der Waals surface area contributed by atoms with Crippen molar-refractivity contribution in [1.29, 1.82) is 0 Å². The first-order chi connectivity index (χ1) is 25.5. The van der Waals surface area contributed by atoms with Gasteiger partial charge in [-0.15, -0.1) is 0 Å². The molecule has 7 rings (SSSR count). The molecule has 7 heterocycles. The van der Waals surface area contributed by atoms with Crippen molar-refractivity contribution in [2.24, 2.45) is 0 Å². The maximum Gasteiger partial charge on any atom is 0.281 e. The Morgan fingerprint density at radius 1 is 0.943 bits per heavy atom. The second-order valence-electron chi connectivity index (χ2n) is 13.0. The molecule has 1 amide bonds. The van der Waals surface area contributed by atoms with Gasteiger partial charge in [0.15, 0.2) is 5.82 Å². The van der Waals surface area contributed by atoms with Crippen LogP contribution in [0.3, 0.4) is 0 Å². The standard InChI is InChI=1S/C33H39ClF2N14O3/c1-17-13-39-21(18(2)25(17)52-3)16-50-15-19(23-26(34)42-31(38)45-29(23)50)12-22(51)47-4-6-48(7-5-47)32-43-28(20-14-40-30(37)41-24(20)27(35)36)44-33(46-32)49-8-10-53-11-9-49/h13-14,19,27H,4-12,15-16H2,1-3H3,(H2,37,40,41)(H2,38,42,45)/t19-/m0/s1. The number of hydrogen-bond acceptors (Lipinski definition) is 16. The van der Waals surface area contributed by atoms with Gasteiger partial charge < -0.3 is 40.5 Å². The molecule has 4 aromatic heterocycles. The van der Waals surface area contributed by atoms with Crippen LogP contribution < -0.4 is 30.9 Å². The van der Waals surface area contributed by atoms with E-state index in [2.05, 4.69) is 34.9 Å². The first-order valence-corrected chi connectivity index (χ1v) is 17.5. The minimum absolute atomic E-state index is 0.00367. The fraction of sp³-hybridized carbons (Fsp3) is 0.485. The van der Waals surface area contributed by atoms with E-state index in [9.17, 15) is 13.6 Å². The lowest BCUT2D eigenvalue weighted by Gasteiger charge is -2.36. The normalized spacial score (nSPS) is 17.5. The van der Waals surface area contributed by atoms with Gasteiger partial charge in [0.05, 0.1) is 38.1 Å². The monoisotopic (exact) mass is 752 g/mol. The van der Waals surface area contributed by atoms with Gasteiger partial charge in [0.2, 0.25) is 29.7 Å². The molecule has 0 radical (unpaired) electrons. The quantitative estimate of drug-likeness (QED) is 0.236. The number of hydrogen-bond donors (Lipinski definition) is 2. The zero-order chi connectivity index (χ0) is 37.4. The van der Waals surface area contributed by atoms with Crippen LogP contribution in [0.1, 0.15) is 46.8 Å². The molecule has 20 heteroatoms. The SMILES string of the molecule is COc1c(C)cnc(CN2C[C@H](CC(=O)N3CCN(c4nc(-c5cnc(N)nc5C(F)F)nc(N5CCOCC5)n4)CC3)c3c(Cl)nc(N)nc32)c1C. The number of fused-ring (bicyclic) bond motifs is 1. The van der Waals surface area contributed by atoms with Crippen molar-refractivity contribution < 1.29 is 23.0 Å². The highest BCUT2D eigenvalue weighted by Crippen LogP contribution is 2.42. The maximum atomic E-state index is 14.0. The van der Waals surface area contributed by atoms with Crippen LogP contribution >= 0.6 is 11.6 Å². The first kappa shape index (κ1) is 36.1. The van der Waals surface area contributed by atoms with E-state index in [4.69, 9.17) is 37.5 Å². The third-order valence-electron chi connectivity index (χ3n) is 9.66. The van der Waals surface area contributed by atoms with Crippen LogP contribution in [0, 0.1) is 13.8 Å². The van der Waals surface area contributed by atoms with Crippen molar-refractivity contribution in [2.75, 3.05) is 92.3 Å². The lowest BCUT2D eigenvalue weighted by molar-refractivity contribution is -0.131. The van der Waals surface area contributed by atoms with E-state index in [0.29, 0.717) is 88.8 Å². The summed E-state index contributed by atoms with van der Waals surface area (Å²) in [4.78, 5) is 56.4. The topological polar surface area (TPSA) is 204 Å². The molecule has 0 aromatic carbocycles. The molecule has 4 N–H and O–H groups in total. The molecule has 2 fully saturated rings. The summed E-state index contributed by atoms with van der Waals surface area (Å²) in [5.41, 5.74) is 14.4. The largest absolute Gasteiger partial charge is 0.496 e. The molecule has 0 saturated carbocycles. The third kappa shape index (κ3) is 7.35. The number of aryl methyl sites for hydroxylation is 1. The van der Waals surface area contributed by atoms with Gasteiger partial charge in [-0.25, -0.2) is 23.7 Å². The molecule has 17 nitrogen and oxygen atoms in total. The highest BCUT2D eigenvalue weighted by atomic mass is 35.5. The molecule has 0 spiro atoms. The first-order valence-electron chi connectivity index (χ1n) is 17.1. The molecule has 0 unspecified atom stereocenters. The minimum atomic E-state index is -2.93. The molecular weight excluding hydrogens is 714 g/mol. The number of alkyl halides is 2. The minimum Gasteiger partial charge on any atom is -0.496 e. The predicted molar refractivity (Wildman–Crippen MR) is 192 cm³/mol. The molecule has 0 bridgehead atoms. The van der Waals surface area contributed by atoms with Crippen molar-refractivity contribution in [1.82, 2.24) is 44.8 Å². The van der Waals surface area contributed by atoms with Crippen LogP contribution in [0.25, 0.3) is 11.4 Å². The number of pyridine rings is 1. The molecule has 2 saturated heterocycles.